The number of fused-ring (bicyclic) bond motifs is 1. The van der Waals surface area contributed by atoms with Crippen LogP contribution in [0.5, 0.6) is 17.2 Å². The molecule has 0 unspecified atom stereocenters. The minimum atomic E-state index is -3.97. The molecule has 1 amide bonds. The van der Waals surface area contributed by atoms with Gasteiger partial charge < -0.3 is 19.5 Å². The van der Waals surface area contributed by atoms with Crippen molar-refractivity contribution in [2.45, 2.75) is 30.8 Å². The Balaban J connectivity index is 1.52. The standard InChI is InChI=1S/C25H26N2O6S/c1-17-12-20(9-11-22(17)31-2)34(29,30)27-21(13-18-6-4-3-5-7-18)25(28)26-15-19-8-10-23-24(14-19)33-16-32-23/h3-12,14,21,27H,13,15-16H2,1-2H3,(H,26,28)/t21-/m0/s1. The van der Waals surface area contributed by atoms with Crippen LogP contribution in [-0.2, 0) is 27.8 Å². The van der Waals surface area contributed by atoms with Crippen molar-refractivity contribution in [3.8, 4) is 17.2 Å². The Morgan fingerprint density at radius 2 is 1.76 bits per heavy atom. The maximum Gasteiger partial charge on any atom is 0.241 e. The Morgan fingerprint density at radius 1 is 1.00 bits per heavy atom. The van der Waals surface area contributed by atoms with E-state index in [-0.39, 0.29) is 24.7 Å². The molecule has 178 valence electrons. The molecule has 3 aromatic rings. The zero-order valence-electron chi connectivity index (χ0n) is 18.9. The molecule has 0 spiro atoms. The van der Waals surface area contributed by atoms with Gasteiger partial charge >= 0.3 is 0 Å². The van der Waals surface area contributed by atoms with Crippen LogP contribution in [0.3, 0.4) is 0 Å². The van der Waals surface area contributed by atoms with Crippen LogP contribution in [0, 0.1) is 6.92 Å². The summed E-state index contributed by atoms with van der Waals surface area (Å²) in [6.45, 7) is 2.14. The van der Waals surface area contributed by atoms with E-state index in [0.29, 0.717) is 22.8 Å². The highest BCUT2D eigenvalue weighted by Gasteiger charge is 2.26. The summed E-state index contributed by atoms with van der Waals surface area (Å²) in [7, 11) is -2.44. The lowest BCUT2D eigenvalue weighted by Gasteiger charge is -2.19. The minimum Gasteiger partial charge on any atom is -0.496 e. The first-order valence-corrected chi connectivity index (χ1v) is 12.2. The highest BCUT2D eigenvalue weighted by atomic mass is 32.2. The Hall–Kier alpha value is -3.56. The zero-order chi connectivity index (χ0) is 24.1. The lowest BCUT2D eigenvalue weighted by molar-refractivity contribution is -0.122. The van der Waals surface area contributed by atoms with Crippen LogP contribution in [0.1, 0.15) is 16.7 Å². The predicted molar refractivity (Wildman–Crippen MR) is 126 cm³/mol. The zero-order valence-corrected chi connectivity index (χ0v) is 19.7. The van der Waals surface area contributed by atoms with Gasteiger partial charge in [-0.05, 0) is 60.4 Å². The Morgan fingerprint density at radius 3 is 2.50 bits per heavy atom. The minimum absolute atomic E-state index is 0.0624. The van der Waals surface area contributed by atoms with Gasteiger partial charge in [0.25, 0.3) is 0 Å². The second-order valence-corrected chi connectivity index (χ2v) is 9.61. The van der Waals surface area contributed by atoms with Crippen molar-refractivity contribution in [1.29, 1.82) is 0 Å². The second kappa shape index (κ2) is 10.1. The molecule has 3 aromatic carbocycles. The number of rotatable bonds is 9. The van der Waals surface area contributed by atoms with E-state index in [1.807, 2.05) is 36.4 Å². The van der Waals surface area contributed by atoms with Gasteiger partial charge in [-0.2, -0.15) is 4.72 Å². The summed E-state index contributed by atoms with van der Waals surface area (Å²) in [5.74, 6) is 1.42. The lowest BCUT2D eigenvalue weighted by Crippen LogP contribution is -2.47. The Bertz CT molecular complexity index is 1280. The highest BCUT2D eigenvalue weighted by Crippen LogP contribution is 2.32. The first-order valence-electron chi connectivity index (χ1n) is 10.7. The topological polar surface area (TPSA) is 103 Å². The van der Waals surface area contributed by atoms with Crippen LogP contribution in [0.2, 0.25) is 0 Å². The molecule has 34 heavy (non-hydrogen) atoms. The summed E-state index contributed by atoms with van der Waals surface area (Å²) in [6, 6.07) is 18.2. The molecule has 0 saturated carbocycles. The maximum atomic E-state index is 13.1. The number of nitrogens with one attached hydrogen (secondary N) is 2. The van der Waals surface area contributed by atoms with Crippen LogP contribution < -0.4 is 24.2 Å². The van der Waals surface area contributed by atoms with Crippen LogP contribution in [-0.4, -0.2) is 34.3 Å². The predicted octanol–water partition coefficient (Wildman–Crippen LogP) is 2.94. The molecule has 1 aliphatic rings. The van der Waals surface area contributed by atoms with Gasteiger partial charge in [-0.1, -0.05) is 36.4 Å². The number of sulfonamides is 1. The van der Waals surface area contributed by atoms with Gasteiger partial charge in [0.1, 0.15) is 11.8 Å². The number of methoxy groups -OCH3 is 1. The van der Waals surface area contributed by atoms with Gasteiger partial charge in [0.15, 0.2) is 11.5 Å². The van der Waals surface area contributed by atoms with Crippen LogP contribution in [0.15, 0.2) is 71.6 Å². The third kappa shape index (κ3) is 5.49. The number of aryl methyl sites for hydroxylation is 1. The van der Waals surface area contributed by atoms with E-state index in [9.17, 15) is 13.2 Å². The molecule has 9 heteroatoms. The summed E-state index contributed by atoms with van der Waals surface area (Å²) >= 11 is 0. The van der Waals surface area contributed by atoms with E-state index in [2.05, 4.69) is 10.0 Å². The first kappa shape index (κ1) is 23.6. The summed E-state index contributed by atoms with van der Waals surface area (Å²) in [6.07, 6.45) is 0.197. The van der Waals surface area contributed by atoms with E-state index in [4.69, 9.17) is 14.2 Å². The third-order valence-corrected chi connectivity index (χ3v) is 6.95. The van der Waals surface area contributed by atoms with Crippen molar-refractivity contribution in [2.75, 3.05) is 13.9 Å². The fraction of sp³-hybridized carbons (Fsp3) is 0.240. The molecule has 0 aromatic heterocycles. The number of hydrogen-bond donors (Lipinski definition) is 2. The number of benzene rings is 3. The molecule has 1 heterocycles. The average molecular weight is 483 g/mol. The van der Waals surface area contributed by atoms with Crippen molar-refractivity contribution in [2.24, 2.45) is 0 Å². The fourth-order valence-corrected chi connectivity index (χ4v) is 4.95. The van der Waals surface area contributed by atoms with Crippen molar-refractivity contribution in [3.05, 3.63) is 83.4 Å². The Labute approximate surface area is 198 Å². The highest BCUT2D eigenvalue weighted by molar-refractivity contribution is 7.89. The quantitative estimate of drug-likeness (QED) is 0.486. The summed E-state index contributed by atoms with van der Waals surface area (Å²) in [4.78, 5) is 13.2. The first-order chi connectivity index (χ1) is 16.4. The molecule has 2 N–H and O–H groups in total. The molecule has 1 aliphatic heterocycles. The summed E-state index contributed by atoms with van der Waals surface area (Å²) in [5, 5.41) is 2.83. The number of hydrogen-bond acceptors (Lipinski definition) is 6. The lowest BCUT2D eigenvalue weighted by atomic mass is 10.1. The van der Waals surface area contributed by atoms with E-state index in [0.717, 1.165) is 11.1 Å². The van der Waals surface area contributed by atoms with Crippen molar-refractivity contribution in [3.63, 3.8) is 0 Å². The van der Waals surface area contributed by atoms with E-state index in [1.165, 1.54) is 19.2 Å². The molecular formula is C25H26N2O6S. The average Bonchev–Trinajstić information content (AvgIpc) is 3.30. The van der Waals surface area contributed by atoms with Crippen LogP contribution in [0.25, 0.3) is 0 Å². The molecule has 0 bridgehead atoms. The van der Waals surface area contributed by atoms with Crippen LogP contribution >= 0.6 is 0 Å². The number of carbonyl (C=O) groups excluding carboxylic acids is 1. The van der Waals surface area contributed by atoms with Crippen molar-refractivity contribution in [1.82, 2.24) is 10.0 Å². The van der Waals surface area contributed by atoms with E-state index in [1.54, 1.807) is 25.1 Å². The number of amides is 1. The third-order valence-electron chi connectivity index (χ3n) is 5.48. The molecule has 0 aliphatic carbocycles. The summed E-state index contributed by atoms with van der Waals surface area (Å²) < 4.78 is 44.7. The van der Waals surface area contributed by atoms with Gasteiger partial charge in [0.2, 0.25) is 22.7 Å². The van der Waals surface area contributed by atoms with E-state index < -0.39 is 22.0 Å². The molecule has 4 rings (SSSR count). The molecule has 0 saturated heterocycles. The van der Waals surface area contributed by atoms with Crippen molar-refractivity contribution < 1.29 is 27.4 Å². The smallest absolute Gasteiger partial charge is 0.241 e. The maximum absolute atomic E-state index is 13.1. The van der Waals surface area contributed by atoms with Gasteiger partial charge in [0, 0.05) is 6.54 Å². The van der Waals surface area contributed by atoms with Gasteiger partial charge in [0.05, 0.1) is 12.0 Å². The monoisotopic (exact) mass is 482 g/mol. The van der Waals surface area contributed by atoms with Crippen LogP contribution in [0.4, 0.5) is 0 Å². The van der Waals surface area contributed by atoms with Gasteiger partial charge in [-0.15, -0.1) is 0 Å². The SMILES string of the molecule is COc1ccc(S(=O)(=O)N[C@@H](Cc2ccccc2)C(=O)NCc2ccc3c(c2)OCO3)cc1C. The molecule has 0 fully saturated rings. The Kier molecular flexibility index (Phi) is 7.04. The second-order valence-electron chi connectivity index (χ2n) is 7.90. The van der Waals surface area contributed by atoms with Gasteiger partial charge in [-0.3, -0.25) is 4.79 Å². The van der Waals surface area contributed by atoms with Crippen molar-refractivity contribution >= 4 is 15.9 Å². The number of carbonyl (C=O) groups is 1. The fourth-order valence-electron chi connectivity index (χ4n) is 3.67. The molecular weight excluding hydrogens is 456 g/mol. The number of ether oxygens (including phenoxy) is 3. The molecule has 0 radical (unpaired) electrons. The van der Waals surface area contributed by atoms with E-state index >= 15 is 0 Å². The largest absolute Gasteiger partial charge is 0.496 e. The normalized spacial score (nSPS) is 13.4. The molecule has 8 nitrogen and oxygen atoms in total. The molecule has 1 atom stereocenters. The summed E-state index contributed by atoms with van der Waals surface area (Å²) in [5.41, 5.74) is 2.32. The van der Waals surface area contributed by atoms with Gasteiger partial charge in [-0.25, -0.2) is 8.42 Å².